The number of para-hydroxylation sites is 3. The number of hydrogen-bond acceptors (Lipinski definition) is 3. The van der Waals surface area contributed by atoms with Crippen molar-refractivity contribution in [3.63, 3.8) is 0 Å². The van der Waals surface area contributed by atoms with Crippen LogP contribution in [0.4, 0.5) is 0 Å². The Morgan fingerprint density at radius 3 is 1.91 bits per heavy atom. The van der Waals surface area contributed by atoms with Crippen LogP contribution in [0.5, 0.6) is 0 Å². The maximum absolute atomic E-state index is 5.28. The number of thiophene rings is 1. The Kier molecular flexibility index (Phi) is 4.68. The molecule has 202 valence electrons. The summed E-state index contributed by atoms with van der Waals surface area (Å²) < 4.78 is 6.09. The van der Waals surface area contributed by atoms with E-state index in [4.69, 9.17) is 9.97 Å². The smallest absolute Gasteiger partial charge is 0.143 e. The standard InChI is InChI=1S/C38H24N4S/c1-6-16-30-23(11-1)24-12-2-7-17-31(24)41(30)34-21-28-29(40-38-37(39-28)27-15-5-10-20-36(27)43-38)22-35(34)42-32-18-8-3-13-25(32)26-14-4-9-19-33(26)42/h1-3,5-13,15-22H,4,14H2. The van der Waals surface area contributed by atoms with Gasteiger partial charge < -0.3 is 9.13 Å². The van der Waals surface area contributed by atoms with Crippen molar-refractivity contribution in [1.82, 2.24) is 19.1 Å². The van der Waals surface area contributed by atoms with Crippen LogP contribution in [0.2, 0.25) is 0 Å². The molecule has 4 heterocycles. The quantitative estimate of drug-likeness (QED) is 0.208. The van der Waals surface area contributed by atoms with Gasteiger partial charge in [-0.1, -0.05) is 78.9 Å². The third-order valence-electron chi connectivity index (χ3n) is 9.00. The minimum absolute atomic E-state index is 0.900. The van der Waals surface area contributed by atoms with Crippen molar-refractivity contribution in [1.29, 1.82) is 0 Å². The Morgan fingerprint density at radius 1 is 0.581 bits per heavy atom. The highest BCUT2D eigenvalue weighted by Crippen LogP contribution is 2.41. The zero-order chi connectivity index (χ0) is 28.1. The van der Waals surface area contributed by atoms with Gasteiger partial charge in [0.05, 0.1) is 39.0 Å². The van der Waals surface area contributed by atoms with Crippen molar-refractivity contribution in [2.75, 3.05) is 0 Å². The van der Waals surface area contributed by atoms with Crippen molar-refractivity contribution >= 4 is 81.6 Å². The molecule has 0 atom stereocenters. The SMILES string of the molecule is C1=Cc2c(c3ccccc3n2-c2cc3nc4sc5ccccc5c4nc3cc2-n2c3ccccc3c3ccccc32)CC1. The van der Waals surface area contributed by atoms with Crippen LogP contribution in [-0.2, 0) is 6.42 Å². The van der Waals surface area contributed by atoms with Crippen LogP contribution in [0.1, 0.15) is 17.7 Å². The van der Waals surface area contributed by atoms with E-state index in [2.05, 4.69) is 130 Å². The highest BCUT2D eigenvalue weighted by molar-refractivity contribution is 7.25. The fourth-order valence-corrected chi connectivity index (χ4v) is 8.18. The molecule has 10 rings (SSSR count). The molecule has 1 aliphatic rings. The second kappa shape index (κ2) is 8.63. The van der Waals surface area contributed by atoms with E-state index < -0.39 is 0 Å². The maximum atomic E-state index is 5.28. The maximum Gasteiger partial charge on any atom is 0.143 e. The second-order valence-corrected chi connectivity index (χ2v) is 12.4. The van der Waals surface area contributed by atoms with Gasteiger partial charge in [0, 0.05) is 31.9 Å². The third-order valence-corrected chi connectivity index (χ3v) is 10.1. The van der Waals surface area contributed by atoms with Crippen molar-refractivity contribution in [2.24, 2.45) is 0 Å². The van der Waals surface area contributed by atoms with E-state index in [9.17, 15) is 0 Å². The zero-order valence-electron chi connectivity index (χ0n) is 23.2. The predicted molar refractivity (Wildman–Crippen MR) is 181 cm³/mol. The summed E-state index contributed by atoms with van der Waals surface area (Å²) in [5.74, 6) is 0. The molecule has 4 nitrogen and oxygen atoms in total. The summed E-state index contributed by atoms with van der Waals surface area (Å²) in [7, 11) is 0. The Hall–Kier alpha value is -5.26. The number of hydrogen-bond donors (Lipinski definition) is 0. The van der Waals surface area contributed by atoms with Crippen molar-refractivity contribution in [3.8, 4) is 11.4 Å². The zero-order valence-corrected chi connectivity index (χ0v) is 24.0. The van der Waals surface area contributed by atoms with Gasteiger partial charge in [0.2, 0.25) is 0 Å². The first-order chi connectivity index (χ1) is 21.3. The lowest BCUT2D eigenvalue weighted by Crippen LogP contribution is -2.07. The van der Waals surface area contributed by atoms with Crippen LogP contribution in [0.25, 0.3) is 81.6 Å². The molecule has 9 aromatic rings. The third kappa shape index (κ3) is 3.20. The molecule has 4 aromatic heterocycles. The number of fused-ring (bicyclic) bond motifs is 10. The first-order valence-corrected chi connectivity index (χ1v) is 15.6. The Balaban J connectivity index is 1.40. The van der Waals surface area contributed by atoms with Gasteiger partial charge in [0.1, 0.15) is 10.3 Å². The van der Waals surface area contributed by atoms with E-state index in [0.29, 0.717) is 0 Å². The summed E-state index contributed by atoms with van der Waals surface area (Å²) in [6.45, 7) is 0. The summed E-state index contributed by atoms with van der Waals surface area (Å²) >= 11 is 1.71. The van der Waals surface area contributed by atoms with E-state index in [1.54, 1.807) is 11.3 Å². The van der Waals surface area contributed by atoms with E-state index in [0.717, 1.165) is 51.0 Å². The normalized spacial score (nSPS) is 13.3. The van der Waals surface area contributed by atoms with Gasteiger partial charge in [-0.15, -0.1) is 11.3 Å². The van der Waals surface area contributed by atoms with Crippen molar-refractivity contribution in [2.45, 2.75) is 12.8 Å². The van der Waals surface area contributed by atoms with Gasteiger partial charge in [-0.25, -0.2) is 9.97 Å². The molecule has 1 aliphatic carbocycles. The molecule has 5 heteroatoms. The van der Waals surface area contributed by atoms with Gasteiger partial charge in [0.15, 0.2) is 0 Å². The molecule has 0 unspecified atom stereocenters. The molecular weight excluding hydrogens is 545 g/mol. The Bertz CT molecular complexity index is 2580. The van der Waals surface area contributed by atoms with Crippen LogP contribution in [0.15, 0.2) is 115 Å². The largest absolute Gasteiger partial charge is 0.307 e. The van der Waals surface area contributed by atoms with Crippen LogP contribution >= 0.6 is 11.3 Å². The molecule has 0 radical (unpaired) electrons. The predicted octanol–water partition coefficient (Wildman–Crippen LogP) is 10.00. The first kappa shape index (κ1) is 23.3. The summed E-state index contributed by atoms with van der Waals surface area (Å²) in [5.41, 5.74) is 11.2. The van der Waals surface area contributed by atoms with E-state index in [1.807, 2.05) is 0 Å². The minimum atomic E-state index is 0.900. The molecule has 0 bridgehead atoms. The highest BCUT2D eigenvalue weighted by Gasteiger charge is 2.23. The fraction of sp³-hybridized carbons (Fsp3) is 0.0526. The number of rotatable bonds is 2. The van der Waals surface area contributed by atoms with Gasteiger partial charge in [-0.2, -0.15) is 0 Å². The Labute approximate surface area is 250 Å². The first-order valence-electron chi connectivity index (χ1n) is 14.7. The van der Waals surface area contributed by atoms with Crippen molar-refractivity contribution in [3.05, 3.63) is 127 Å². The van der Waals surface area contributed by atoms with Crippen LogP contribution in [-0.4, -0.2) is 19.1 Å². The average molecular weight is 569 g/mol. The lowest BCUT2D eigenvalue weighted by molar-refractivity contribution is 0.963. The number of nitrogens with zero attached hydrogens (tertiary/aromatic N) is 4. The van der Waals surface area contributed by atoms with Crippen LogP contribution < -0.4 is 0 Å². The van der Waals surface area contributed by atoms with Gasteiger partial charge in [0.25, 0.3) is 0 Å². The lowest BCUT2D eigenvalue weighted by atomic mass is 10.0. The number of aromatic nitrogens is 4. The van der Waals surface area contributed by atoms with Gasteiger partial charge in [-0.3, -0.25) is 0 Å². The van der Waals surface area contributed by atoms with E-state index >= 15 is 0 Å². The van der Waals surface area contributed by atoms with Crippen LogP contribution in [0.3, 0.4) is 0 Å². The molecule has 5 aromatic carbocycles. The van der Waals surface area contributed by atoms with Gasteiger partial charge >= 0.3 is 0 Å². The fourth-order valence-electron chi connectivity index (χ4n) is 7.15. The lowest BCUT2D eigenvalue weighted by Gasteiger charge is -2.19. The summed E-state index contributed by atoms with van der Waals surface area (Å²) in [4.78, 5) is 11.5. The molecule has 0 N–H and O–H groups in total. The number of aryl methyl sites for hydroxylation is 1. The second-order valence-electron chi connectivity index (χ2n) is 11.3. The molecule has 0 aliphatic heterocycles. The number of benzene rings is 5. The molecule has 0 saturated heterocycles. The highest BCUT2D eigenvalue weighted by atomic mass is 32.1. The van der Waals surface area contributed by atoms with E-state index in [1.165, 1.54) is 48.7 Å². The summed E-state index contributed by atoms with van der Waals surface area (Å²) in [6.07, 6.45) is 6.71. The van der Waals surface area contributed by atoms with Crippen molar-refractivity contribution < 1.29 is 0 Å². The van der Waals surface area contributed by atoms with Crippen LogP contribution in [0, 0.1) is 0 Å². The minimum Gasteiger partial charge on any atom is -0.307 e. The monoisotopic (exact) mass is 568 g/mol. The topological polar surface area (TPSA) is 35.6 Å². The molecule has 0 spiro atoms. The summed E-state index contributed by atoms with van der Waals surface area (Å²) in [6, 6.07) is 39.3. The Morgan fingerprint density at radius 2 is 1.16 bits per heavy atom. The average Bonchev–Trinajstić information content (AvgIpc) is 3.70. The van der Waals surface area contributed by atoms with Gasteiger partial charge in [-0.05, 0) is 60.9 Å². The number of allylic oxidation sites excluding steroid dienone is 1. The summed E-state index contributed by atoms with van der Waals surface area (Å²) in [5, 5.41) is 4.97. The molecule has 0 amide bonds. The van der Waals surface area contributed by atoms with E-state index in [-0.39, 0.29) is 0 Å². The molecule has 43 heavy (non-hydrogen) atoms. The molecular formula is C38H24N4S. The molecule has 0 saturated carbocycles. The molecule has 0 fully saturated rings.